The van der Waals surface area contributed by atoms with Gasteiger partial charge in [-0.05, 0) is 42.0 Å². The summed E-state index contributed by atoms with van der Waals surface area (Å²) in [6.45, 7) is 3.50. The van der Waals surface area contributed by atoms with Gasteiger partial charge in [-0.3, -0.25) is 4.99 Å². The van der Waals surface area contributed by atoms with Crippen molar-refractivity contribution < 1.29 is 9.47 Å². The second-order valence-corrected chi connectivity index (χ2v) is 5.15. The lowest BCUT2D eigenvalue weighted by Gasteiger charge is -2.28. The van der Waals surface area contributed by atoms with Crippen LogP contribution in [0.5, 0.6) is 5.75 Å². The summed E-state index contributed by atoms with van der Waals surface area (Å²) in [6.07, 6.45) is 1.85. The zero-order valence-corrected chi connectivity index (χ0v) is 12.7. The molecule has 1 heterocycles. The molecular weight excluding hydrogens is 276 g/mol. The molecule has 0 N–H and O–H groups in total. The minimum atomic E-state index is 0.801. The summed E-state index contributed by atoms with van der Waals surface area (Å²) in [5, 5.41) is 0. The van der Waals surface area contributed by atoms with E-state index in [0.29, 0.717) is 0 Å². The molecule has 0 radical (unpaired) electrons. The first-order chi connectivity index (χ1) is 10.8. The third kappa shape index (κ3) is 3.65. The normalized spacial score (nSPS) is 15.2. The number of aliphatic imine (C=N–C) groups is 1. The van der Waals surface area contributed by atoms with E-state index in [0.717, 1.165) is 43.3 Å². The van der Waals surface area contributed by atoms with Crippen LogP contribution in [0.15, 0.2) is 53.5 Å². The third-order valence-electron chi connectivity index (χ3n) is 3.68. The van der Waals surface area contributed by atoms with Gasteiger partial charge in [0.2, 0.25) is 0 Å². The molecule has 0 atom stereocenters. The molecule has 0 amide bonds. The van der Waals surface area contributed by atoms with Gasteiger partial charge < -0.3 is 14.4 Å². The van der Waals surface area contributed by atoms with Crippen molar-refractivity contribution in [3.8, 4) is 5.75 Å². The standard InChI is InChI=1S/C18H20N2O2/c1-21-18-4-2-3-15(13-18)14-19-16-5-7-17(8-6-16)20-9-11-22-12-10-20/h2-8,13-14H,9-12H2,1H3. The largest absolute Gasteiger partial charge is 0.497 e. The minimum Gasteiger partial charge on any atom is -0.497 e. The Labute approximate surface area is 131 Å². The van der Waals surface area contributed by atoms with Crippen LogP contribution in [0.2, 0.25) is 0 Å². The van der Waals surface area contributed by atoms with E-state index in [4.69, 9.17) is 9.47 Å². The van der Waals surface area contributed by atoms with E-state index in [1.54, 1.807) is 7.11 Å². The van der Waals surface area contributed by atoms with Gasteiger partial charge in [-0.1, -0.05) is 12.1 Å². The summed E-state index contributed by atoms with van der Waals surface area (Å²) in [6, 6.07) is 16.2. The van der Waals surface area contributed by atoms with E-state index in [-0.39, 0.29) is 0 Å². The van der Waals surface area contributed by atoms with E-state index in [1.807, 2.05) is 42.6 Å². The van der Waals surface area contributed by atoms with Crippen molar-refractivity contribution in [1.29, 1.82) is 0 Å². The number of benzene rings is 2. The van der Waals surface area contributed by atoms with Crippen LogP contribution in [0.1, 0.15) is 5.56 Å². The molecule has 1 fully saturated rings. The van der Waals surface area contributed by atoms with E-state index in [9.17, 15) is 0 Å². The summed E-state index contributed by atoms with van der Waals surface area (Å²) in [7, 11) is 1.67. The Balaban J connectivity index is 1.68. The monoisotopic (exact) mass is 296 g/mol. The lowest BCUT2D eigenvalue weighted by molar-refractivity contribution is 0.122. The highest BCUT2D eigenvalue weighted by Gasteiger charge is 2.10. The Bertz CT molecular complexity index is 632. The zero-order valence-electron chi connectivity index (χ0n) is 12.7. The average molecular weight is 296 g/mol. The van der Waals surface area contributed by atoms with Crippen LogP contribution >= 0.6 is 0 Å². The number of hydrogen-bond acceptors (Lipinski definition) is 4. The molecule has 1 aliphatic heterocycles. The highest BCUT2D eigenvalue weighted by molar-refractivity contribution is 5.82. The van der Waals surface area contributed by atoms with E-state index in [1.165, 1.54) is 5.69 Å². The predicted octanol–water partition coefficient (Wildman–Crippen LogP) is 3.28. The molecule has 2 aromatic carbocycles. The van der Waals surface area contributed by atoms with Crippen molar-refractivity contribution in [2.45, 2.75) is 0 Å². The Morgan fingerprint density at radius 3 is 2.59 bits per heavy atom. The van der Waals surface area contributed by atoms with E-state index in [2.05, 4.69) is 22.0 Å². The van der Waals surface area contributed by atoms with Gasteiger partial charge in [0.1, 0.15) is 5.75 Å². The summed E-state index contributed by atoms with van der Waals surface area (Å²) in [5.74, 6) is 0.839. The predicted molar refractivity (Wildman–Crippen MR) is 89.7 cm³/mol. The average Bonchev–Trinajstić information content (AvgIpc) is 2.61. The zero-order chi connectivity index (χ0) is 15.2. The van der Waals surface area contributed by atoms with Crippen molar-refractivity contribution in [1.82, 2.24) is 0 Å². The van der Waals surface area contributed by atoms with Gasteiger partial charge in [0.25, 0.3) is 0 Å². The van der Waals surface area contributed by atoms with Gasteiger partial charge in [-0.25, -0.2) is 0 Å². The summed E-state index contributed by atoms with van der Waals surface area (Å²) in [5.41, 5.74) is 3.19. The van der Waals surface area contributed by atoms with Gasteiger partial charge in [0.05, 0.1) is 26.0 Å². The van der Waals surface area contributed by atoms with Gasteiger partial charge in [-0.2, -0.15) is 0 Å². The summed E-state index contributed by atoms with van der Waals surface area (Å²) in [4.78, 5) is 6.85. The second-order valence-electron chi connectivity index (χ2n) is 5.15. The maximum absolute atomic E-state index is 5.38. The number of anilines is 1. The Morgan fingerprint density at radius 2 is 1.86 bits per heavy atom. The quantitative estimate of drug-likeness (QED) is 0.812. The topological polar surface area (TPSA) is 34.1 Å². The van der Waals surface area contributed by atoms with Crippen LogP contribution in [0, 0.1) is 0 Å². The number of methoxy groups -OCH3 is 1. The number of ether oxygens (including phenoxy) is 2. The Hall–Kier alpha value is -2.33. The molecule has 1 saturated heterocycles. The van der Waals surface area contributed by atoms with Crippen molar-refractivity contribution in [3.63, 3.8) is 0 Å². The Morgan fingerprint density at radius 1 is 1.09 bits per heavy atom. The summed E-state index contributed by atoms with van der Waals surface area (Å²) < 4.78 is 10.6. The maximum Gasteiger partial charge on any atom is 0.119 e. The number of hydrogen-bond donors (Lipinski definition) is 0. The van der Waals surface area contributed by atoms with E-state index >= 15 is 0 Å². The lowest BCUT2D eigenvalue weighted by atomic mass is 10.2. The first-order valence-electron chi connectivity index (χ1n) is 7.46. The molecule has 2 aromatic rings. The first kappa shape index (κ1) is 14.6. The van der Waals surface area contributed by atoms with Crippen LogP contribution in [-0.2, 0) is 4.74 Å². The molecule has 0 spiro atoms. The highest BCUT2D eigenvalue weighted by Crippen LogP contribution is 2.21. The van der Waals surface area contributed by atoms with Crippen LogP contribution in [-0.4, -0.2) is 39.6 Å². The number of rotatable bonds is 4. The minimum absolute atomic E-state index is 0.801. The van der Waals surface area contributed by atoms with Gasteiger partial charge >= 0.3 is 0 Å². The first-order valence-corrected chi connectivity index (χ1v) is 7.46. The van der Waals surface area contributed by atoms with Crippen LogP contribution in [0.4, 0.5) is 11.4 Å². The molecule has 3 rings (SSSR count). The molecule has 0 saturated carbocycles. The summed E-state index contributed by atoms with van der Waals surface area (Å²) >= 11 is 0. The third-order valence-corrected chi connectivity index (χ3v) is 3.68. The van der Waals surface area contributed by atoms with Crippen molar-refractivity contribution >= 4 is 17.6 Å². The lowest BCUT2D eigenvalue weighted by Crippen LogP contribution is -2.36. The number of nitrogens with zero attached hydrogens (tertiary/aromatic N) is 2. The maximum atomic E-state index is 5.38. The van der Waals surface area contributed by atoms with Crippen LogP contribution in [0.3, 0.4) is 0 Å². The highest BCUT2D eigenvalue weighted by atomic mass is 16.5. The molecule has 1 aliphatic rings. The van der Waals surface area contributed by atoms with Crippen molar-refractivity contribution in [2.75, 3.05) is 38.3 Å². The SMILES string of the molecule is COc1cccc(C=Nc2ccc(N3CCOCC3)cc2)c1. The van der Waals surface area contributed by atoms with Crippen molar-refractivity contribution in [3.05, 3.63) is 54.1 Å². The van der Waals surface area contributed by atoms with Gasteiger partial charge in [-0.15, -0.1) is 0 Å². The molecule has 0 bridgehead atoms. The molecule has 114 valence electrons. The Kier molecular flexibility index (Phi) is 4.71. The van der Waals surface area contributed by atoms with Crippen LogP contribution < -0.4 is 9.64 Å². The fourth-order valence-corrected chi connectivity index (χ4v) is 2.44. The smallest absolute Gasteiger partial charge is 0.119 e. The fraction of sp³-hybridized carbons (Fsp3) is 0.278. The van der Waals surface area contributed by atoms with Crippen LogP contribution in [0.25, 0.3) is 0 Å². The fourth-order valence-electron chi connectivity index (χ4n) is 2.44. The van der Waals surface area contributed by atoms with Gasteiger partial charge in [0, 0.05) is 25.0 Å². The molecule has 0 aliphatic carbocycles. The number of morpholine rings is 1. The molecule has 4 nitrogen and oxygen atoms in total. The molecule has 0 aromatic heterocycles. The molecule has 0 unspecified atom stereocenters. The molecular formula is C18H20N2O2. The van der Waals surface area contributed by atoms with Gasteiger partial charge in [0.15, 0.2) is 0 Å². The van der Waals surface area contributed by atoms with Crippen molar-refractivity contribution in [2.24, 2.45) is 4.99 Å². The molecule has 22 heavy (non-hydrogen) atoms. The molecule has 4 heteroatoms. The van der Waals surface area contributed by atoms with E-state index < -0.39 is 0 Å². The second kappa shape index (κ2) is 7.09.